The number of nitro groups is 1. The Bertz CT molecular complexity index is 929. The van der Waals surface area contributed by atoms with Gasteiger partial charge in [0.15, 0.2) is 11.5 Å². The number of hydrogen-bond donors (Lipinski definition) is 2. The highest BCUT2D eigenvalue weighted by atomic mass is 16.8. The first-order valence-electron chi connectivity index (χ1n) is 9.46. The Labute approximate surface area is 175 Å². The number of carbonyl (C=O) groups is 1. The molecule has 0 amide bonds. The number of ketones is 1. The van der Waals surface area contributed by atoms with Crippen LogP contribution in [0.4, 0.5) is 17.1 Å². The Kier molecular flexibility index (Phi) is 6.02. The molecule has 30 heavy (non-hydrogen) atoms. The van der Waals surface area contributed by atoms with Crippen molar-refractivity contribution >= 4 is 22.8 Å². The third kappa shape index (κ3) is 4.98. The van der Waals surface area contributed by atoms with Gasteiger partial charge in [-0.1, -0.05) is 41.5 Å². The van der Waals surface area contributed by atoms with E-state index in [-0.39, 0.29) is 22.4 Å². The van der Waals surface area contributed by atoms with Crippen molar-refractivity contribution in [1.29, 1.82) is 0 Å². The molecular formula is C21H28N4O5. The van der Waals surface area contributed by atoms with E-state index in [9.17, 15) is 14.9 Å². The monoisotopic (exact) mass is 416 g/mol. The van der Waals surface area contributed by atoms with Crippen LogP contribution in [0.15, 0.2) is 51.7 Å². The van der Waals surface area contributed by atoms with Crippen molar-refractivity contribution < 1.29 is 20.1 Å². The van der Waals surface area contributed by atoms with E-state index in [0.29, 0.717) is 11.1 Å². The smallest absolute Gasteiger partial charge is 0.289 e. The van der Waals surface area contributed by atoms with Gasteiger partial charge in [0.05, 0.1) is 4.92 Å². The highest BCUT2D eigenvalue weighted by Crippen LogP contribution is 2.42. The van der Waals surface area contributed by atoms with Crippen molar-refractivity contribution in [3.63, 3.8) is 0 Å². The molecule has 0 heterocycles. The lowest BCUT2D eigenvalue weighted by atomic mass is 9.69. The van der Waals surface area contributed by atoms with E-state index in [1.165, 1.54) is 12.1 Å². The van der Waals surface area contributed by atoms with Crippen LogP contribution in [-0.2, 0) is 4.79 Å². The second-order valence-electron chi connectivity index (χ2n) is 9.59. The van der Waals surface area contributed by atoms with Gasteiger partial charge in [-0.25, -0.2) is 0 Å². The number of allylic oxidation sites excluding steroid dienone is 2. The maximum Gasteiger partial charge on any atom is 0.298 e. The second-order valence-corrected chi connectivity index (χ2v) is 9.59. The summed E-state index contributed by atoms with van der Waals surface area (Å²) in [7, 11) is 0. The van der Waals surface area contributed by atoms with Crippen molar-refractivity contribution in [2.45, 2.75) is 54.0 Å². The fraction of sp³-hybridized carbons (Fsp3) is 0.476. The van der Waals surface area contributed by atoms with E-state index in [2.05, 4.69) is 10.2 Å². The molecule has 0 fully saturated rings. The lowest BCUT2D eigenvalue weighted by Crippen LogP contribution is -2.34. The molecule has 0 bridgehead atoms. The minimum atomic E-state index is -0.980. The molecule has 0 aromatic heterocycles. The molecule has 1 aromatic rings. The maximum atomic E-state index is 13.1. The van der Waals surface area contributed by atoms with Crippen molar-refractivity contribution in [1.82, 2.24) is 0 Å². The number of rotatable bonds is 4. The molecule has 0 atom stereocenters. The molecule has 0 saturated carbocycles. The SMILES string of the molecule is CC1(N=Nc2ccc(N(O)O)cc2[N+](=O)[O-])C=C(C(C)(C)C)C(=O)C(C(C)(C)C)=C1. The molecule has 1 aromatic carbocycles. The Morgan fingerprint density at radius 1 is 1.03 bits per heavy atom. The number of nitrogens with zero attached hydrogens (tertiary/aromatic N) is 4. The van der Waals surface area contributed by atoms with Gasteiger partial charge in [0.2, 0.25) is 0 Å². The fourth-order valence-electron chi connectivity index (χ4n) is 3.10. The molecule has 0 radical (unpaired) electrons. The Balaban J connectivity index is 2.60. The Hall–Kier alpha value is -2.91. The van der Waals surface area contributed by atoms with Gasteiger partial charge in [0, 0.05) is 17.2 Å². The number of anilines is 1. The summed E-state index contributed by atoms with van der Waals surface area (Å²) in [6, 6.07) is 3.52. The molecule has 0 spiro atoms. The molecule has 2 rings (SSSR count). The van der Waals surface area contributed by atoms with Gasteiger partial charge in [-0.3, -0.25) is 25.3 Å². The summed E-state index contributed by atoms with van der Waals surface area (Å²) >= 11 is 0. The molecule has 1 aliphatic carbocycles. The number of hydrogen-bond acceptors (Lipinski definition) is 8. The third-order valence-corrected chi connectivity index (χ3v) is 4.74. The van der Waals surface area contributed by atoms with Crippen molar-refractivity contribution in [3.8, 4) is 0 Å². The van der Waals surface area contributed by atoms with Crippen molar-refractivity contribution in [2.75, 3.05) is 5.23 Å². The van der Waals surface area contributed by atoms with Crippen LogP contribution >= 0.6 is 0 Å². The lowest BCUT2D eigenvalue weighted by Gasteiger charge is -2.35. The average Bonchev–Trinajstić information content (AvgIpc) is 2.60. The van der Waals surface area contributed by atoms with E-state index in [0.717, 1.165) is 6.07 Å². The molecule has 0 unspecified atom stereocenters. The minimum absolute atomic E-state index is 0.0380. The topological polar surface area (TPSA) is 129 Å². The highest BCUT2D eigenvalue weighted by molar-refractivity contribution is 6.11. The summed E-state index contributed by atoms with van der Waals surface area (Å²) in [6.45, 7) is 13.4. The molecule has 9 heteroatoms. The lowest BCUT2D eigenvalue weighted by molar-refractivity contribution is -0.384. The van der Waals surface area contributed by atoms with Gasteiger partial charge in [-0.2, -0.15) is 5.11 Å². The van der Waals surface area contributed by atoms with Crippen LogP contribution in [0.2, 0.25) is 0 Å². The zero-order valence-electron chi connectivity index (χ0n) is 18.3. The first-order chi connectivity index (χ1) is 13.5. The summed E-state index contributed by atoms with van der Waals surface area (Å²) in [5, 5.41) is 37.8. The number of azo groups is 1. The van der Waals surface area contributed by atoms with Gasteiger partial charge < -0.3 is 0 Å². The van der Waals surface area contributed by atoms with Gasteiger partial charge in [0.25, 0.3) is 5.69 Å². The normalized spacial score (nSPS) is 17.0. The number of benzene rings is 1. The largest absolute Gasteiger partial charge is 0.298 e. The summed E-state index contributed by atoms with van der Waals surface area (Å²) in [5.41, 5.74) is -1.25. The van der Waals surface area contributed by atoms with Crippen LogP contribution in [0.3, 0.4) is 0 Å². The first-order valence-corrected chi connectivity index (χ1v) is 9.46. The van der Waals surface area contributed by atoms with Crippen LogP contribution < -0.4 is 5.23 Å². The third-order valence-electron chi connectivity index (χ3n) is 4.74. The molecule has 0 saturated heterocycles. The average molecular weight is 416 g/mol. The van der Waals surface area contributed by atoms with Gasteiger partial charge in [-0.05, 0) is 42.0 Å². The summed E-state index contributed by atoms with van der Waals surface area (Å²) in [4.78, 5) is 23.8. The zero-order valence-corrected chi connectivity index (χ0v) is 18.3. The van der Waals surface area contributed by atoms with Gasteiger partial charge in [-0.15, -0.1) is 10.3 Å². The van der Waals surface area contributed by atoms with Gasteiger partial charge in [0.1, 0.15) is 11.2 Å². The van der Waals surface area contributed by atoms with Gasteiger partial charge >= 0.3 is 0 Å². The summed E-state index contributed by atoms with van der Waals surface area (Å²) in [6.07, 6.45) is 3.49. The molecule has 162 valence electrons. The van der Waals surface area contributed by atoms with E-state index >= 15 is 0 Å². The predicted octanol–water partition coefficient (Wildman–Crippen LogP) is 5.55. The van der Waals surface area contributed by atoms with E-state index < -0.39 is 27.0 Å². The maximum absolute atomic E-state index is 13.1. The summed E-state index contributed by atoms with van der Waals surface area (Å²) in [5.74, 6) is -0.0380. The highest BCUT2D eigenvalue weighted by Gasteiger charge is 2.39. The summed E-state index contributed by atoms with van der Waals surface area (Å²) < 4.78 is 0. The van der Waals surface area contributed by atoms with E-state index in [4.69, 9.17) is 10.4 Å². The van der Waals surface area contributed by atoms with Crippen LogP contribution in [0.5, 0.6) is 0 Å². The Morgan fingerprint density at radius 2 is 1.53 bits per heavy atom. The van der Waals surface area contributed by atoms with Crippen LogP contribution in [0.25, 0.3) is 0 Å². The number of Topliss-reactive ketones (excluding diaryl/α,β-unsaturated/α-hetero) is 1. The predicted molar refractivity (Wildman–Crippen MR) is 112 cm³/mol. The molecule has 9 nitrogen and oxygen atoms in total. The first kappa shape index (κ1) is 23.4. The zero-order chi connectivity index (χ0) is 23.1. The number of nitro benzene ring substituents is 1. The standard InChI is InChI=1S/C21H28N4O5/c1-19(2,3)14-11-21(7,12-15(18(14)26)20(4,5)6)23-22-16-9-8-13(24(27)28)10-17(16)25(29)30/h8-12,27-28H,1-7H3. The van der Waals surface area contributed by atoms with Crippen molar-refractivity contribution in [3.05, 3.63) is 51.6 Å². The second kappa shape index (κ2) is 7.73. The molecule has 0 aliphatic heterocycles. The van der Waals surface area contributed by atoms with E-state index in [1.54, 1.807) is 19.1 Å². The Morgan fingerprint density at radius 3 is 1.93 bits per heavy atom. The molecule has 2 N–H and O–H groups in total. The number of carbonyl (C=O) groups excluding carboxylic acids is 1. The van der Waals surface area contributed by atoms with Crippen LogP contribution in [0, 0.1) is 20.9 Å². The molecule has 1 aliphatic rings. The van der Waals surface area contributed by atoms with Crippen LogP contribution in [0.1, 0.15) is 48.5 Å². The molecular weight excluding hydrogens is 388 g/mol. The van der Waals surface area contributed by atoms with E-state index in [1.807, 2.05) is 41.5 Å². The quantitative estimate of drug-likeness (QED) is 0.376. The van der Waals surface area contributed by atoms with Crippen molar-refractivity contribution in [2.24, 2.45) is 21.1 Å². The fourth-order valence-corrected chi connectivity index (χ4v) is 3.10. The van der Waals surface area contributed by atoms with Crippen LogP contribution in [-0.4, -0.2) is 26.7 Å². The minimum Gasteiger partial charge on any atom is -0.289 e.